The van der Waals surface area contributed by atoms with E-state index >= 15 is 0 Å². The van der Waals surface area contributed by atoms with Gasteiger partial charge in [0.1, 0.15) is 5.82 Å². The van der Waals surface area contributed by atoms with E-state index in [1.54, 1.807) is 0 Å². The fourth-order valence-electron chi connectivity index (χ4n) is 2.89. The molecule has 0 aliphatic carbocycles. The number of unbranched alkanes of at least 4 members (excludes halogenated alkanes) is 5. The van der Waals surface area contributed by atoms with Gasteiger partial charge in [-0.15, -0.1) is 0 Å². The minimum absolute atomic E-state index is 0.0907. The van der Waals surface area contributed by atoms with Gasteiger partial charge in [-0.3, -0.25) is 4.79 Å². The van der Waals surface area contributed by atoms with E-state index < -0.39 is 0 Å². The summed E-state index contributed by atoms with van der Waals surface area (Å²) in [5, 5.41) is 3.39. The third-order valence-electron chi connectivity index (χ3n) is 4.24. The Bertz CT molecular complexity index is 474. The Hall–Kier alpha value is -1.58. The van der Waals surface area contributed by atoms with Gasteiger partial charge < -0.3 is 10.1 Å². The molecule has 4 nitrogen and oxygen atoms in total. The molecular weight excluding hydrogens is 276 g/mol. The molecule has 2 rings (SSSR count). The zero-order valence-corrected chi connectivity index (χ0v) is 13.7. The number of carbonyl (C=O) groups is 1. The first-order valence-electron chi connectivity index (χ1n) is 8.59. The van der Waals surface area contributed by atoms with Crippen LogP contribution in [0.2, 0.25) is 0 Å². The van der Waals surface area contributed by atoms with E-state index in [1.165, 1.54) is 50.5 Å². The third-order valence-corrected chi connectivity index (χ3v) is 4.24. The molecule has 1 aliphatic rings. The van der Waals surface area contributed by atoms with E-state index in [1.807, 2.05) is 0 Å². The van der Waals surface area contributed by atoms with E-state index in [2.05, 4.69) is 22.2 Å². The van der Waals surface area contributed by atoms with E-state index in [-0.39, 0.29) is 5.97 Å². The lowest BCUT2D eigenvalue weighted by Gasteiger charge is -2.17. The molecule has 0 saturated heterocycles. The number of esters is 1. The number of nitrogens with one attached hydrogen (secondary N) is 1. The second-order valence-corrected chi connectivity index (χ2v) is 6.04. The number of anilines is 1. The van der Waals surface area contributed by atoms with Crippen LogP contribution in [-0.4, -0.2) is 24.6 Å². The summed E-state index contributed by atoms with van der Waals surface area (Å²) in [5.41, 5.74) is 2.57. The standard InChI is InChI=1S/C18H28N2O2/c1-22-17(21)11-7-5-3-2-4-6-10-16-13-12-15-9-8-14-19-18(15)20-16/h12-13H,2-11,14H2,1H3,(H,19,20). The number of hydrogen-bond donors (Lipinski definition) is 1. The monoisotopic (exact) mass is 304 g/mol. The van der Waals surface area contributed by atoms with Gasteiger partial charge in [0, 0.05) is 18.7 Å². The van der Waals surface area contributed by atoms with Crippen molar-refractivity contribution in [2.75, 3.05) is 19.0 Å². The van der Waals surface area contributed by atoms with Gasteiger partial charge >= 0.3 is 5.97 Å². The van der Waals surface area contributed by atoms with E-state index in [9.17, 15) is 4.79 Å². The smallest absolute Gasteiger partial charge is 0.305 e. The molecule has 2 heterocycles. The fourth-order valence-corrected chi connectivity index (χ4v) is 2.89. The lowest BCUT2D eigenvalue weighted by molar-refractivity contribution is -0.140. The van der Waals surface area contributed by atoms with E-state index in [0.717, 1.165) is 38.0 Å². The summed E-state index contributed by atoms with van der Waals surface area (Å²) in [6.07, 6.45) is 10.9. The quantitative estimate of drug-likeness (QED) is 0.555. The summed E-state index contributed by atoms with van der Waals surface area (Å²) in [6, 6.07) is 4.42. The number of pyridine rings is 1. The first-order chi connectivity index (χ1) is 10.8. The Morgan fingerprint density at radius 3 is 2.77 bits per heavy atom. The molecular formula is C18H28N2O2. The number of nitrogens with zero attached hydrogens (tertiary/aromatic N) is 1. The van der Waals surface area contributed by atoms with E-state index in [0.29, 0.717) is 6.42 Å². The van der Waals surface area contributed by atoms with Crippen molar-refractivity contribution in [3.05, 3.63) is 23.4 Å². The van der Waals surface area contributed by atoms with Gasteiger partial charge in [0.05, 0.1) is 7.11 Å². The van der Waals surface area contributed by atoms with E-state index in [4.69, 9.17) is 4.98 Å². The molecule has 1 aromatic heterocycles. The molecule has 1 N–H and O–H groups in total. The number of hydrogen-bond acceptors (Lipinski definition) is 4. The van der Waals surface area contributed by atoms with Crippen LogP contribution in [0.15, 0.2) is 12.1 Å². The highest BCUT2D eigenvalue weighted by atomic mass is 16.5. The van der Waals surface area contributed by atoms with Crippen molar-refractivity contribution >= 4 is 11.8 Å². The second-order valence-electron chi connectivity index (χ2n) is 6.04. The molecule has 122 valence electrons. The molecule has 1 aromatic rings. The normalized spacial score (nSPS) is 13.3. The van der Waals surface area contributed by atoms with Crippen LogP contribution in [0.25, 0.3) is 0 Å². The average molecular weight is 304 g/mol. The molecule has 0 atom stereocenters. The van der Waals surface area contributed by atoms with Crippen molar-refractivity contribution in [1.29, 1.82) is 0 Å². The SMILES string of the molecule is COC(=O)CCCCCCCCc1ccc2c(n1)NCCC2. The van der Waals surface area contributed by atoms with Crippen LogP contribution in [0.1, 0.15) is 62.6 Å². The molecule has 0 spiro atoms. The molecule has 4 heteroatoms. The zero-order valence-electron chi connectivity index (χ0n) is 13.7. The topological polar surface area (TPSA) is 51.2 Å². The van der Waals surface area contributed by atoms with Gasteiger partial charge in [-0.1, -0.05) is 31.7 Å². The molecule has 0 saturated carbocycles. The average Bonchev–Trinajstić information content (AvgIpc) is 2.56. The molecule has 22 heavy (non-hydrogen) atoms. The van der Waals surface area contributed by atoms with Crippen LogP contribution in [0.3, 0.4) is 0 Å². The van der Waals surface area contributed by atoms with Crippen LogP contribution in [0.4, 0.5) is 5.82 Å². The minimum Gasteiger partial charge on any atom is -0.469 e. The summed E-state index contributed by atoms with van der Waals surface area (Å²) < 4.78 is 4.63. The van der Waals surface area contributed by atoms with Gasteiger partial charge in [-0.25, -0.2) is 4.98 Å². The maximum Gasteiger partial charge on any atom is 0.305 e. The first-order valence-corrected chi connectivity index (χ1v) is 8.59. The minimum atomic E-state index is -0.0907. The van der Waals surface area contributed by atoms with Crippen LogP contribution >= 0.6 is 0 Å². The number of fused-ring (bicyclic) bond motifs is 1. The summed E-state index contributed by atoms with van der Waals surface area (Å²) in [4.78, 5) is 15.7. The van der Waals surface area contributed by atoms with Gasteiger partial charge in [0.2, 0.25) is 0 Å². The molecule has 0 fully saturated rings. The lowest BCUT2D eigenvalue weighted by atomic mass is 10.0. The van der Waals surface area contributed by atoms with Crippen molar-refractivity contribution < 1.29 is 9.53 Å². The predicted octanol–water partition coefficient (Wildman–Crippen LogP) is 3.89. The van der Waals surface area contributed by atoms with Crippen molar-refractivity contribution in [2.24, 2.45) is 0 Å². The molecule has 0 radical (unpaired) electrons. The van der Waals surface area contributed by atoms with Gasteiger partial charge in [-0.2, -0.15) is 0 Å². The van der Waals surface area contributed by atoms with Gasteiger partial charge in [0.25, 0.3) is 0 Å². The Balaban J connectivity index is 1.54. The van der Waals surface area contributed by atoms with Crippen LogP contribution in [0.5, 0.6) is 0 Å². The fraction of sp³-hybridized carbons (Fsp3) is 0.667. The highest BCUT2D eigenvalue weighted by Crippen LogP contribution is 2.20. The predicted molar refractivity (Wildman–Crippen MR) is 89.1 cm³/mol. The Labute approximate surface area is 133 Å². The number of ether oxygens (including phenoxy) is 1. The van der Waals surface area contributed by atoms with Crippen molar-refractivity contribution in [3.8, 4) is 0 Å². The molecule has 1 aliphatic heterocycles. The largest absolute Gasteiger partial charge is 0.469 e. The Kier molecular flexibility index (Phi) is 7.20. The summed E-state index contributed by atoms with van der Waals surface area (Å²) in [6.45, 7) is 1.05. The van der Waals surface area contributed by atoms with Crippen molar-refractivity contribution in [3.63, 3.8) is 0 Å². The molecule has 0 unspecified atom stereocenters. The van der Waals surface area contributed by atoms with Crippen molar-refractivity contribution in [1.82, 2.24) is 4.98 Å². The Morgan fingerprint density at radius 1 is 1.18 bits per heavy atom. The van der Waals surface area contributed by atoms with Crippen LogP contribution in [0, 0.1) is 0 Å². The number of aromatic nitrogens is 1. The maximum atomic E-state index is 11.0. The highest BCUT2D eigenvalue weighted by molar-refractivity contribution is 5.68. The number of aryl methyl sites for hydroxylation is 2. The number of carbonyl (C=O) groups excluding carboxylic acids is 1. The van der Waals surface area contributed by atoms with Crippen molar-refractivity contribution in [2.45, 2.75) is 64.2 Å². The van der Waals surface area contributed by atoms with Crippen LogP contribution < -0.4 is 5.32 Å². The molecule has 0 aromatic carbocycles. The van der Waals surface area contributed by atoms with Gasteiger partial charge in [-0.05, 0) is 43.7 Å². The highest BCUT2D eigenvalue weighted by Gasteiger charge is 2.09. The number of methoxy groups -OCH3 is 1. The first kappa shape index (κ1) is 16.8. The lowest BCUT2D eigenvalue weighted by Crippen LogP contribution is -2.13. The number of rotatable bonds is 9. The second kappa shape index (κ2) is 9.44. The maximum absolute atomic E-state index is 11.0. The summed E-state index contributed by atoms with van der Waals surface area (Å²) in [7, 11) is 1.45. The summed E-state index contributed by atoms with van der Waals surface area (Å²) >= 11 is 0. The Morgan fingerprint density at radius 2 is 1.95 bits per heavy atom. The molecule has 0 amide bonds. The summed E-state index contributed by atoms with van der Waals surface area (Å²) in [5.74, 6) is 1.01. The third kappa shape index (κ3) is 5.66. The zero-order chi connectivity index (χ0) is 15.6. The molecule has 0 bridgehead atoms. The van der Waals surface area contributed by atoms with Gasteiger partial charge in [0.15, 0.2) is 0 Å². The van der Waals surface area contributed by atoms with Crippen LogP contribution in [-0.2, 0) is 22.4 Å².